The van der Waals surface area contributed by atoms with Crippen molar-refractivity contribution in [3.63, 3.8) is 0 Å². The summed E-state index contributed by atoms with van der Waals surface area (Å²) in [4.78, 5) is 32.9. The molecule has 154 valence electrons. The van der Waals surface area contributed by atoms with Crippen molar-refractivity contribution in [2.75, 3.05) is 5.32 Å². The van der Waals surface area contributed by atoms with E-state index in [1.54, 1.807) is 0 Å². The van der Waals surface area contributed by atoms with Crippen molar-refractivity contribution in [3.05, 3.63) is 77.2 Å². The number of anilines is 1. The minimum absolute atomic E-state index is 0.108. The minimum atomic E-state index is -4.89. The van der Waals surface area contributed by atoms with E-state index >= 15 is 0 Å². The average Bonchev–Trinajstić information content (AvgIpc) is 2.70. The van der Waals surface area contributed by atoms with Gasteiger partial charge in [0.25, 0.3) is 5.91 Å². The normalized spacial score (nSPS) is 11.1. The van der Waals surface area contributed by atoms with E-state index in [9.17, 15) is 22.8 Å². The Kier molecular flexibility index (Phi) is 6.58. The zero-order valence-electron chi connectivity index (χ0n) is 14.8. The Bertz CT molecular complexity index is 1080. The molecule has 0 saturated heterocycles. The Hall–Kier alpha value is -3.11. The molecule has 2 aromatic heterocycles. The topological polar surface area (TPSA) is 81.2 Å². The van der Waals surface area contributed by atoms with Crippen LogP contribution in [0.1, 0.15) is 20.7 Å². The van der Waals surface area contributed by atoms with Crippen LogP contribution in [0, 0.1) is 0 Å². The Balaban J connectivity index is 1.76. The highest BCUT2D eigenvalue weighted by Crippen LogP contribution is 2.32. The molecular weight excluding hydrogens is 443 g/mol. The molecule has 3 aromatic rings. The van der Waals surface area contributed by atoms with Crippen molar-refractivity contribution < 1.29 is 27.5 Å². The SMILES string of the molecule is O=C(Sc1ncccc1C(=O)Nc1ccc(OC(F)(F)F)c(Cl)c1)c1ccncc1. The van der Waals surface area contributed by atoms with Gasteiger partial charge in [0.2, 0.25) is 5.12 Å². The lowest BCUT2D eigenvalue weighted by molar-refractivity contribution is -0.274. The van der Waals surface area contributed by atoms with Gasteiger partial charge in [0, 0.05) is 29.8 Å². The van der Waals surface area contributed by atoms with Gasteiger partial charge in [-0.05, 0) is 54.2 Å². The summed E-state index contributed by atoms with van der Waals surface area (Å²) >= 11 is 6.55. The molecule has 1 amide bonds. The van der Waals surface area contributed by atoms with Crippen molar-refractivity contribution in [2.24, 2.45) is 0 Å². The highest BCUT2D eigenvalue weighted by molar-refractivity contribution is 8.14. The maximum Gasteiger partial charge on any atom is 0.573 e. The first-order valence-electron chi connectivity index (χ1n) is 8.17. The Morgan fingerprint density at radius 3 is 2.47 bits per heavy atom. The van der Waals surface area contributed by atoms with E-state index in [4.69, 9.17) is 11.6 Å². The largest absolute Gasteiger partial charge is 0.573 e. The lowest BCUT2D eigenvalue weighted by Gasteiger charge is -2.12. The van der Waals surface area contributed by atoms with Crippen LogP contribution in [0.2, 0.25) is 5.02 Å². The fourth-order valence-electron chi connectivity index (χ4n) is 2.26. The monoisotopic (exact) mass is 453 g/mol. The summed E-state index contributed by atoms with van der Waals surface area (Å²) in [5.41, 5.74) is 0.635. The molecule has 0 spiro atoms. The molecule has 0 radical (unpaired) electrons. The average molecular weight is 454 g/mol. The number of hydrogen-bond donors (Lipinski definition) is 1. The summed E-state index contributed by atoms with van der Waals surface area (Å²) in [6, 6.07) is 9.35. The summed E-state index contributed by atoms with van der Waals surface area (Å²) in [6.07, 6.45) is -0.526. The van der Waals surface area contributed by atoms with Gasteiger partial charge in [-0.15, -0.1) is 13.2 Å². The molecule has 6 nitrogen and oxygen atoms in total. The number of alkyl halides is 3. The van der Waals surface area contributed by atoms with Crippen molar-refractivity contribution in [1.82, 2.24) is 9.97 Å². The number of thioether (sulfide) groups is 1. The zero-order chi connectivity index (χ0) is 21.7. The number of carbonyl (C=O) groups is 2. The summed E-state index contributed by atoms with van der Waals surface area (Å²) in [5.74, 6) is -1.21. The number of benzene rings is 1. The first-order chi connectivity index (χ1) is 14.2. The summed E-state index contributed by atoms with van der Waals surface area (Å²) in [5, 5.41) is 2.01. The van der Waals surface area contributed by atoms with Crippen LogP contribution in [-0.4, -0.2) is 27.4 Å². The number of pyridine rings is 2. The Morgan fingerprint density at radius 1 is 1.07 bits per heavy atom. The van der Waals surface area contributed by atoms with Crippen molar-refractivity contribution in [3.8, 4) is 5.75 Å². The molecule has 0 aliphatic carbocycles. The molecule has 2 heterocycles. The molecule has 1 aromatic carbocycles. The van der Waals surface area contributed by atoms with Gasteiger partial charge in [0.1, 0.15) is 10.8 Å². The van der Waals surface area contributed by atoms with E-state index in [0.29, 0.717) is 5.56 Å². The van der Waals surface area contributed by atoms with E-state index in [-0.39, 0.29) is 26.4 Å². The van der Waals surface area contributed by atoms with Crippen LogP contribution in [0.4, 0.5) is 18.9 Å². The van der Waals surface area contributed by atoms with Gasteiger partial charge in [0.15, 0.2) is 0 Å². The maximum absolute atomic E-state index is 12.6. The molecule has 0 aliphatic heterocycles. The quantitative estimate of drug-likeness (QED) is 0.534. The van der Waals surface area contributed by atoms with E-state index in [1.807, 2.05) is 0 Å². The Morgan fingerprint density at radius 2 is 1.80 bits per heavy atom. The van der Waals surface area contributed by atoms with Crippen LogP contribution in [0.5, 0.6) is 5.75 Å². The van der Waals surface area contributed by atoms with Crippen LogP contribution in [0.15, 0.2) is 66.1 Å². The molecule has 0 aliphatic rings. The number of hydrogen-bond acceptors (Lipinski definition) is 6. The number of nitrogens with zero attached hydrogens (tertiary/aromatic N) is 2. The van der Waals surface area contributed by atoms with Gasteiger partial charge in [-0.2, -0.15) is 0 Å². The molecule has 0 bridgehead atoms. The van der Waals surface area contributed by atoms with Gasteiger partial charge >= 0.3 is 6.36 Å². The number of nitrogens with one attached hydrogen (secondary N) is 1. The van der Waals surface area contributed by atoms with Crippen LogP contribution in [-0.2, 0) is 0 Å². The molecule has 3 rings (SSSR count). The lowest BCUT2D eigenvalue weighted by atomic mass is 10.2. The van der Waals surface area contributed by atoms with Gasteiger partial charge < -0.3 is 10.1 Å². The number of halogens is 4. The maximum atomic E-state index is 12.6. The van der Waals surface area contributed by atoms with Crippen LogP contribution < -0.4 is 10.1 Å². The number of carbonyl (C=O) groups excluding carboxylic acids is 2. The fraction of sp³-hybridized carbons (Fsp3) is 0.0526. The molecule has 30 heavy (non-hydrogen) atoms. The van der Waals surface area contributed by atoms with Gasteiger partial charge in [0.05, 0.1) is 10.6 Å². The first-order valence-corrected chi connectivity index (χ1v) is 9.36. The first kappa shape index (κ1) is 21.6. The second-order valence-corrected chi connectivity index (χ2v) is 7.00. The summed E-state index contributed by atoms with van der Waals surface area (Å²) < 4.78 is 40.8. The van der Waals surface area contributed by atoms with E-state index in [0.717, 1.165) is 23.9 Å². The molecule has 11 heteroatoms. The molecule has 1 N–H and O–H groups in total. The number of ether oxygens (including phenoxy) is 1. The fourth-order valence-corrected chi connectivity index (χ4v) is 3.30. The molecule has 0 unspecified atom stereocenters. The third-order valence-electron chi connectivity index (χ3n) is 3.54. The second-order valence-electron chi connectivity index (χ2n) is 5.63. The third kappa shape index (κ3) is 5.71. The number of rotatable bonds is 5. The second kappa shape index (κ2) is 9.14. The van der Waals surface area contributed by atoms with Gasteiger partial charge in [-0.1, -0.05) is 11.6 Å². The smallest absolute Gasteiger partial charge is 0.404 e. The highest BCUT2D eigenvalue weighted by Gasteiger charge is 2.32. The summed E-state index contributed by atoms with van der Waals surface area (Å²) in [6.45, 7) is 0. The van der Waals surface area contributed by atoms with Gasteiger partial charge in [-0.3, -0.25) is 14.6 Å². The third-order valence-corrected chi connectivity index (χ3v) is 4.77. The van der Waals surface area contributed by atoms with E-state index in [1.165, 1.54) is 48.9 Å². The van der Waals surface area contributed by atoms with Crippen molar-refractivity contribution in [2.45, 2.75) is 11.4 Å². The van der Waals surface area contributed by atoms with Crippen LogP contribution >= 0.6 is 23.4 Å². The Labute approximate surface area is 177 Å². The standard InChI is InChI=1S/C19H11ClF3N3O3S/c20-14-10-12(3-4-15(14)29-19(21,22)23)26-16(27)13-2-1-7-25-17(13)30-18(28)11-5-8-24-9-6-11/h1-10H,(H,26,27). The minimum Gasteiger partial charge on any atom is -0.404 e. The zero-order valence-corrected chi connectivity index (χ0v) is 16.4. The predicted molar refractivity (Wildman–Crippen MR) is 105 cm³/mol. The predicted octanol–water partition coefficient (Wildman–Crippen LogP) is 5.21. The summed E-state index contributed by atoms with van der Waals surface area (Å²) in [7, 11) is 0. The molecule has 0 atom stereocenters. The molecule has 0 fully saturated rings. The molecule has 0 saturated carbocycles. The highest BCUT2D eigenvalue weighted by atomic mass is 35.5. The van der Waals surface area contributed by atoms with Crippen LogP contribution in [0.3, 0.4) is 0 Å². The van der Waals surface area contributed by atoms with Crippen molar-refractivity contribution >= 4 is 40.1 Å². The lowest BCUT2D eigenvalue weighted by Crippen LogP contribution is -2.17. The van der Waals surface area contributed by atoms with Gasteiger partial charge in [-0.25, -0.2) is 4.98 Å². The molecular formula is C19H11ClF3N3O3S. The van der Waals surface area contributed by atoms with E-state index in [2.05, 4.69) is 20.0 Å². The van der Waals surface area contributed by atoms with Crippen LogP contribution in [0.25, 0.3) is 0 Å². The number of aromatic nitrogens is 2. The number of amides is 1. The van der Waals surface area contributed by atoms with E-state index < -0.39 is 18.0 Å². The van der Waals surface area contributed by atoms with Crippen molar-refractivity contribution in [1.29, 1.82) is 0 Å².